The van der Waals surface area contributed by atoms with Crippen molar-refractivity contribution in [1.29, 1.82) is 0 Å². The van der Waals surface area contributed by atoms with Gasteiger partial charge in [-0.3, -0.25) is 4.79 Å². The minimum atomic E-state index is -0.222. The van der Waals surface area contributed by atoms with Crippen LogP contribution in [-0.4, -0.2) is 41.4 Å². The highest BCUT2D eigenvalue weighted by Gasteiger charge is 2.23. The molecule has 3 rings (SSSR count). The Balaban J connectivity index is 0.00000280. The number of carbonyl (C=O) groups is 1. The average Bonchev–Trinajstić information content (AvgIpc) is 3.14. The molecule has 2 aromatic rings. The number of piperidine rings is 1. The van der Waals surface area contributed by atoms with Crippen molar-refractivity contribution in [2.45, 2.75) is 32.7 Å². The van der Waals surface area contributed by atoms with Crippen LogP contribution in [0.25, 0.3) is 10.6 Å². The molecule has 1 atom stereocenters. The second-order valence-electron chi connectivity index (χ2n) is 6.80. The fourth-order valence-corrected chi connectivity index (χ4v) is 4.20. The van der Waals surface area contributed by atoms with E-state index in [1.807, 2.05) is 18.2 Å². The number of carbonyl (C=O) groups excluding carboxylic acids is 1. The van der Waals surface area contributed by atoms with Crippen LogP contribution in [0.15, 0.2) is 40.7 Å². The van der Waals surface area contributed by atoms with E-state index < -0.39 is 0 Å². The number of guanidine groups is 1. The third-order valence-electron chi connectivity index (χ3n) is 4.61. The quantitative estimate of drug-likeness (QED) is 0.352. The maximum Gasteiger partial charge on any atom is 0.217 e. The molecule has 1 aromatic carbocycles. The monoisotopic (exact) mass is 513 g/mol. The fourth-order valence-electron chi connectivity index (χ4n) is 3.38. The number of halogens is 1. The molecular weight excluding hydrogens is 485 g/mol. The van der Waals surface area contributed by atoms with E-state index in [9.17, 15) is 4.79 Å². The van der Waals surface area contributed by atoms with E-state index in [0.717, 1.165) is 54.7 Å². The molecule has 1 fully saturated rings. The maximum atomic E-state index is 11.3. The smallest absolute Gasteiger partial charge is 0.217 e. The number of primary amides is 1. The molecule has 3 N–H and O–H groups in total. The molecule has 0 aliphatic carbocycles. The molecule has 0 saturated carbocycles. The molecule has 28 heavy (non-hydrogen) atoms. The van der Waals surface area contributed by atoms with Crippen molar-refractivity contribution < 1.29 is 4.79 Å². The second kappa shape index (κ2) is 11.4. The van der Waals surface area contributed by atoms with E-state index in [2.05, 4.69) is 34.7 Å². The van der Waals surface area contributed by atoms with Gasteiger partial charge in [0.05, 0.1) is 12.2 Å². The molecule has 1 aromatic heterocycles. The lowest BCUT2D eigenvalue weighted by Crippen LogP contribution is -2.47. The SMILES string of the molecule is CCNC(=NCc1csc(-c2ccccc2)n1)N1CCCC(CC(N)=O)C1.I. The molecule has 0 bridgehead atoms. The molecule has 152 valence electrons. The third-order valence-corrected chi connectivity index (χ3v) is 5.55. The predicted molar refractivity (Wildman–Crippen MR) is 126 cm³/mol. The van der Waals surface area contributed by atoms with Gasteiger partial charge in [-0.15, -0.1) is 35.3 Å². The van der Waals surface area contributed by atoms with Crippen LogP contribution >= 0.6 is 35.3 Å². The van der Waals surface area contributed by atoms with Crippen molar-refractivity contribution in [3.8, 4) is 10.6 Å². The zero-order chi connectivity index (χ0) is 19.1. The van der Waals surface area contributed by atoms with E-state index in [-0.39, 0.29) is 29.9 Å². The first-order valence-electron chi connectivity index (χ1n) is 9.47. The van der Waals surface area contributed by atoms with Gasteiger partial charge in [-0.25, -0.2) is 9.98 Å². The Labute approximate surface area is 187 Å². The first-order valence-corrected chi connectivity index (χ1v) is 10.3. The minimum absolute atomic E-state index is 0. The Morgan fingerprint density at radius 1 is 1.39 bits per heavy atom. The number of aliphatic imine (C=N–C) groups is 1. The van der Waals surface area contributed by atoms with Crippen LogP contribution in [0.5, 0.6) is 0 Å². The molecule has 6 nitrogen and oxygen atoms in total. The first kappa shape index (κ1) is 22.6. The van der Waals surface area contributed by atoms with Gasteiger partial charge in [0.2, 0.25) is 5.91 Å². The van der Waals surface area contributed by atoms with Crippen LogP contribution in [-0.2, 0) is 11.3 Å². The average molecular weight is 513 g/mol. The normalized spacial score (nSPS) is 17.1. The summed E-state index contributed by atoms with van der Waals surface area (Å²) in [5.41, 5.74) is 7.48. The van der Waals surface area contributed by atoms with E-state index in [1.54, 1.807) is 11.3 Å². The summed E-state index contributed by atoms with van der Waals surface area (Å²) in [7, 11) is 0. The number of nitrogens with one attached hydrogen (secondary N) is 1. The summed E-state index contributed by atoms with van der Waals surface area (Å²) in [5, 5.41) is 6.46. The summed E-state index contributed by atoms with van der Waals surface area (Å²) < 4.78 is 0. The zero-order valence-corrected chi connectivity index (χ0v) is 19.3. The van der Waals surface area contributed by atoms with E-state index >= 15 is 0 Å². The molecule has 2 heterocycles. The molecular formula is C20H28IN5OS. The Morgan fingerprint density at radius 2 is 2.18 bits per heavy atom. The lowest BCUT2D eigenvalue weighted by molar-refractivity contribution is -0.119. The van der Waals surface area contributed by atoms with Gasteiger partial charge in [-0.2, -0.15) is 0 Å². The number of amides is 1. The molecule has 1 amide bonds. The van der Waals surface area contributed by atoms with E-state index in [0.29, 0.717) is 18.9 Å². The summed E-state index contributed by atoms with van der Waals surface area (Å²) >= 11 is 1.64. The van der Waals surface area contributed by atoms with Crippen LogP contribution in [0, 0.1) is 5.92 Å². The number of hydrogen-bond donors (Lipinski definition) is 2. The van der Waals surface area contributed by atoms with Crippen LogP contribution in [0.4, 0.5) is 0 Å². The van der Waals surface area contributed by atoms with Gasteiger partial charge < -0.3 is 16.0 Å². The lowest BCUT2D eigenvalue weighted by atomic mass is 9.95. The predicted octanol–water partition coefficient (Wildman–Crippen LogP) is 3.48. The first-order chi connectivity index (χ1) is 13.2. The third kappa shape index (κ3) is 6.44. The Morgan fingerprint density at radius 3 is 2.89 bits per heavy atom. The topological polar surface area (TPSA) is 83.6 Å². The Bertz CT molecular complexity index is 780. The van der Waals surface area contributed by atoms with Gasteiger partial charge in [0.25, 0.3) is 0 Å². The van der Waals surface area contributed by atoms with Crippen LogP contribution in [0.1, 0.15) is 31.9 Å². The Kier molecular flexibility index (Phi) is 9.17. The van der Waals surface area contributed by atoms with E-state index in [4.69, 9.17) is 15.7 Å². The van der Waals surface area contributed by atoms with Crippen LogP contribution < -0.4 is 11.1 Å². The summed E-state index contributed by atoms with van der Waals surface area (Å²) in [6.07, 6.45) is 2.55. The molecule has 1 saturated heterocycles. The van der Waals surface area contributed by atoms with Gasteiger partial charge in [0, 0.05) is 37.0 Å². The summed E-state index contributed by atoms with van der Waals surface area (Å²) in [5.74, 6) is 0.977. The number of nitrogens with two attached hydrogens (primary N) is 1. The second-order valence-corrected chi connectivity index (χ2v) is 7.66. The van der Waals surface area contributed by atoms with Gasteiger partial charge in [0.1, 0.15) is 5.01 Å². The number of rotatable bonds is 6. The molecule has 8 heteroatoms. The van der Waals surface area contributed by atoms with Crippen LogP contribution in [0.3, 0.4) is 0 Å². The van der Waals surface area contributed by atoms with Gasteiger partial charge in [-0.05, 0) is 25.7 Å². The summed E-state index contributed by atoms with van der Waals surface area (Å²) in [4.78, 5) is 23.0. The van der Waals surface area contributed by atoms with Gasteiger partial charge in [-0.1, -0.05) is 30.3 Å². The molecule has 1 aliphatic rings. The Hall–Kier alpha value is -1.68. The number of hydrogen-bond acceptors (Lipinski definition) is 4. The highest BCUT2D eigenvalue weighted by Crippen LogP contribution is 2.24. The van der Waals surface area contributed by atoms with Crippen LogP contribution in [0.2, 0.25) is 0 Å². The number of thiazole rings is 1. The number of likely N-dealkylation sites (tertiary alicyclic amines) is 1. The zero-order valence-electron chi connectivity index (χ0n) is 16.1. The van der Waals surface area contributed by atoms with Gasteiger partial charge >= 0.3 is 0 Å². The number of aromatic nitrogens is 1. The van der Waals surface area contributed by atoms with Crippen molar-refractivity contribution >= 4 is 47.2 Å². The molecule has 1 unspecified atom stereocenters. The number of benzene rings is 1. The van der Waals surface area contributed by atoms with Crippen molar-refractivity contribution in [2.24, 2.45) is 16.6 Å². The highest BCUT2D eigenvalue weighted by molar-refractivity contribution is 14.0. The minimum Gasteiger partial charge on any atom is -0.370 e. The summed E-state index contributed by atoms with van der Waals surface area (Å²) in [6.45, 7) is 5.19. The number of nitrogens with zero attached hydrogens (tertiary/aromatic N) is 3. The largest absolute Gasteiger partial charge is 0.370 e. The maximum absolute atomic E-state index is 11.3. The molecule has 1 aliphatic heterocycles. The standard InChI is InChI=1S/C20H27N5OS.HI/c1-2-22-20(25-10-6-7-15(13-25)11-18(21)26)23-12-17-14-27-19(24-17)16-8-4-3-5-9-16;/h3-5,8-9,14-15H,2,6-7,10-13H2,1H3,(H2,21,26)(H,22,23);1H. The van der Waals surface area contributed by atoms with Crippen molar-refractivity contribution in [1.82, 2.24) is 15.2 Å². The fraction of sp³-hybridized carbons (Fsp3) is 0.450. The molecule has 0 radical (unpaired) electrons. The lowest BCUT2D eigenvalue weighted by Gasteiger charge is -2.34. The van der Waals surface area contributed by atoms with E-state index in [1.165, 1.54) is 0 Å². The van der Waals surface area contributed by atoms with Crippen molar-refractivity contribution in [3.05, 3.63) is 41.4 Å². The van der Waals surface area contributed by atoms with Gasteiger partial charge in [0.15, 0.2) is 5.96 Å². The summed E-state index contributed by atoms with van der Waals surface area (Å²) in [6, 6.07) is 10.2. The van der Waals surface area contributed by atoms with Crippen molar-refractivity contribution in [3.63, 3.8) is 0 Å². The molecule has 0 spiro atoms. The highest BCUT2D eigenvalue weighted by atomic mass is 127. The van der Waals surface area contributed by atoms with Crippen molar-refractivity contribution in [2.75, 3.05) is 19.6 Å².